The van der Waals surface area contributed by atoms with Crippen LogP contribution in [-0.4, -0.2) is 28.8 Å². The topological polar surface area (TPSA) is 76.0 Å². The van der Waals surface area contributed by atoms with Crippen LogP contribution < -0.4 is 10.2 Å². The molecule has 0 fully saturated rings. The molecular formula is C13H17BO5. The van der Waals surface area contributed by atoms with E-state index >= 15 is 0 Å². The summed E-state index contributed by atoms with van der Waals surface area (Å²) < 4.78 is 10.8. The summed E-state index contributed by atoms with van der Waals surface area (Å²) in [5.74, 6) is -0.538. The molecule has 6 heteroatoms. The van der Waals surface area contributed by atoms with Gasteiger partial charge in [0.25, 0.3) is 0 Å². The lowest BCUT2D eigenvalue weighted by atomic mass is 9.79. The van der Waals surface area contributed by atoms with Crippen LogP contribution in [0.4, 0.5) is 0 Å². The van der Waals surface area contributed by atoms with Crippen molar-refractivity contribution in [1.82, 2.24) is 0 Å². The molecule has 0 aliphatic carbocycles. The number of carboxylic acid groups (broad SMARTS) is 1. The van der Waals surface area contributed by atoms with E-state index < -0.39 is 18.7 Å². The van der Waals surface area contributed by atoms with Gasteiger partial charge in [0, 0.05) is 0 Å². The Balaban J connectivity index is 2.28. The van der Waals surface area contributed by atoms with E-state index in [9.17, 15) is 14.9 Å². The molecule has 1 aromatic rings. The van der Waals surface area contributed by atoms with Crippen molar-refractivity contribution in [1.29, 1.82) is 0 Å². The summed E-state index contributed by atoms with van der Waals surface area (Å²) in [6.45, 7) is 3.92. The third kappa shape index (κ3) is 2.46. The Bertz CT molecular complexity index is 484. The summed E-state index contributed by atoms with van der Waals surface area (Å²) in [6, 6.07) is 5.15. The van der Waals surface area contributed by atoms with E-state index in [2.05, 4.69) is 0 Å². The first-order valence-corrected chi connectivity index (χ1v) is 6.37. The Kier molecular flexibility index (Phi) is 3.82. The van der Waals surface area contributed by atoms with Crippen molar-refractivity contribution in [2.75, 3.05) is 0 Å². The SMILES string of the molecule is CCC(CC)(Oc1ccc2c(c1)B(O)OC2)C(=O)O. The number of hydrogen-bond donors (Lipinski definition) is 2. The summed E-state index contributed by atoms with van der Waals surface area (Å²) in [5.41, 5.74) is 0.316. The second-order valence-electron chi connectivity index (χ2n) is 4.63. The molecule has 2 N–H and O–H groups in total. The van der Waals surface area contributed by atoms with Crippen LogP contribution in [0.15, 0.2) is 18.2 Å². The number of carboxylic acids is 1. The minimum atomic E-state index is -1.22. The molecule has 1 aliphatic heterocycles. The molecular weight excluding hydrogens is 247 g/mol. The molecule has 0 saturated carbocycles. The van der Waals surface area contributed by atoms with Crippen LogP contribution in [0, 0.1) is 0 Å². The molecule has 0 radical (unpaired) electrons. The highest BCUT2D eigenvalue weighted by atomic mass is 16.5. The number of rotatable bonds is 5. The molecule has 0 bridgehead atoms. The molecule has 0 aromatic heterocycles. The Morgan fingerprint density at radius 1 is 1.47 bits per heavy atom. The highest BCUT2D eigenvalue weighted by Crippen LogP contribution is 2.26. The van der Waals surface area contributed by atoms with Crippen molar-refractivity contribution in [3.05, 3.63) is 23.8 Å². The van der Waals surface area contributed by atoms with Gasteiger partial charge in [-0.1, -0.05) is 19.9 Å². The molecule has 0 saturated heterocycles. The van der Waals surface area contributed by atoms with Crippen LogP contribution in [0.25, 0.3) is 0 Å². The van der Waals surface area contributed by atoms with Crippen LogP contribution in [0.1, 0.15) is 32.3 Å². The van der Waals surface area contributed by atoms with Gasteiger partial charge < -0.3 is 19.5 Å². The third-order valence-corrected chi connectivity index (χ3v) is 3.63. The van der Waals surface area contributed by atoms with Gasteiger partial charge >= 0.3 is 13.1 Å². The Hall–Kier alpha value is -1.53. The first kappa shape index (κ1) is 13.9. The van der Waals surface area contributed by atoms with Crippen molar-refractivity contribution in [2.45, 2.75) is 38.9 Å². The molecule has 1 aliphatic rings. The first-order valence-electron chi connectivity index (χ1n) is 6.37. The second-order valence-corrected chi connectivity index (χ2v) is 4.63. The fourth-order valence-corrected chi connectivity index (χ4v) is 2.22. The normalized spacial score (nSPS) is 14.4. The summed E-state index contributed by atoms with van der Waals surface area (Å²) in [4.78, 5) is 11.4. The lowest BCUT2D eigenvalue weighted by Crippen LogP contribution is -2.43. The summed E-state index contributed by atoms with van der Waals surface area (Å²) >= 11 is 0. The third-order valence-electron chi connectivity index (χ3n) is 3.63. The van der Waals surface area contributed by atoms with E-state index in [1.165, 1.54) is 0 Å². The van der Waals surface area contributed by atoms with Crippen molar-refractivity contribution in [2.24, 2.45) is 0 Å². The molecule has 1 aromatic carbocycles. The number of aliphatic carboxylic acids is 1. The predicted octanol–water partition coefficient (Wildman–Crippen LogP) is 0.927. The molecule has 0 atom stereocenters. The van der Waals surface area contributed by atoms with Gasteiger partial charge in [0.1, 0.15) is 5.75 Å². The molecule has 19 heavy (non-hydrogen) atoms. The van der Waals surface area contributed by atoms with Crippen molar-refractivity contribution in [3.63, 3.8) is 0 Å². The van der Waals surface area contributed by atoms with Gasteiger partial charge in [-0.3, -0.25) is 0 Å². The molecule has 2 rings (SSSR count). The van der Waals surface area contributed by atoms with Gasteiger partial charge in [0.05, 0.1) is 6.61 Å². The Morgan fingerprint density at radius 3 is 2.74 bits per heavy atom. The quantitative estimate of drug-likeness (QED) is 0.773. The monoisotopic (exact) mass is 264 g/mol. The molecule has 102 valence electrons. The summed E-state index contributed by atoms with van der Waals surface area (Å²) in [7, 11) is -0.957. The van der Waals surface area contributed by atoms with Gasteiger partial charge in [-0.15, -0.1) is 0 Å². The fraction of sp³-hybridized carbons (Fsp3) is 0.462. The maximum atomic E-state index is 11.4. The van der Waals surface area contributed by atoms with Gasteiger partial charge in [0.15, 0.2) is 0 Å². The van der Waals surface area contributed by atoms with E-state index in [0.29, 0.717) is 30.7 Å². The van der Waals surface area contributed by atoms with Crippen LogP contribution in [0.5, 0.6) is 5.75 Å². The standard InChI is InChI=1S/C13H17BO5/c1-3-13(4-2,12(15)16)19-10-6-5-9-8-18-14(17)11(9)7-10/h5-7,17H,3-4,8H2,1-2H3,(H,15,16). The molecule has 0 unspecified atom stereocenters. The smallest absolute Gasteiger partial charge is 0.478 e. The summed E-state index contributed by atoms with van der Waals surface area (Å²) in [5, 5.41) is 19.0. The van der Waals surface area contributed by atoms with E-state index in [1.54, 1.807) is 32.0 Å². The van der Waals surface area contributed by atoms with E-state index in [1.807, 2.05) is 0 Å². The van der Waals surface area contributed by atoms with Crippen LogP contribution in [-0.2, 0) is 16.1 Å². The maximum Gasteiger partial charge on any atom is 0.491 e. The second kappa shape index (κ2) is 5.23. The Morgan fingerprint density at radius 2 is 2.16 bits per heavy atom. The van der Waals surface area contributed by atoms with Crippen molar-refractivity contribution >= 4 is 18.6 Å². The van der Waals surface area contributed by atoms with Crippen LogP contribution in [0.3, 0.4) is 0 Å². The number of carbonyl (C=O) groups is 1. The average molecular weight is 264 g/mol. The average Bonchev–Trinajstić information content (AvgIpc) is 2.77. The van der Waals surface area contributed by atoms with Gasteiger partial charge in [0.2, 0.25) is 5.60 Å². The van der Waals surface area contributed by atoms with E-state index in [-0.39, 0.29) is 0 Å². The Labute approximate surface area is 112 Å². The molecule has 0 spiro atoms. The number of hydrogen-bond acceptors (Lipinski definition) is 4. The molecule has 1 heterocycles. The van der Waals surface area contributed by atoms with E-state index in [4.69, 9.17) is 9.39 Å². The highest BCUT2D eigenvalue weighted by molar-refractivity contribution is 6.61. The fourth-order valence-electron chi connectivity index (χ4n) is 2.22. The van der Waals surface area contributed by atoms with E-state index in [0.717, 1.165) is 5.56 Å². The maximum absolute atomic E-state index is 11.4. The minimum Gasteiger partial charge on any atom is -0.478 e. The van der Waals surface area contributed by atoms with Crippen LogP contribution >= 0.6 is 0 Å². The zero-order valence-corrected chi connectivity index (χ0v) is 11.0. The predicted molar refractivity (Wildman–Crippen MR) is 70.4 cm³/mol. The van der Waals surface area contributed by atoms with Crippen molar-refractivity contribution < 1.29 is 24.3 Å². The van der Waals surface area contributed by atoms with Gasteiger partial charge in [-0.05, 0) is 36.0 Å². The molecule has 0 amide bonds. The lowest BCUT2D eigenvalue weighted by molar-refractivity contribution is -0.156. The van der Waals surface area contributed by atoms with Gasteiger partial charge in [-0.2, -0.15) is 0 Å². The summed E-state index contributed by atoms with van der Waals surface area (Å²) in [6.07, 6.45) is 0.740. The van der Waals surface area contributed by atoms with Gasteiger partial charge in [-0.25, -0.2) is 4.79 Å². The first-order chi connectivity index (χ1) is 9.02. The number of benzene rings is 1. The zero-order valence-electron chi connectivity index (χ0n) is 11.0. The number of fused-ring (bicyclic) bond motifs is 1. The van der Waals surface area contributed by atoms with Crippen molar-refractivity contribution in [3.8, 4) is 5.75 Å². The zero-order chi connectivity index (χ0) is 14.0. The highest BCUT2D eigenvalue weighted by Gasteiger charge is 2.38. The van der Waals surface area contributed by atoms with Crippen LogP contribution in [0.2, 0.25) is 0 Å². The molecule has 5 nitrogen and oxygen atoms in total. The lowest BCUT2D eigenvalue weighted by Gasteiger charge is -2.28. The number of ether oxygens (including phenoxy) is 1. The minimum absolute atomic E-state index is 0.364. The largest absolute Gasteiger partial charge is 0.491 e.